The largest absolute Gasteiger partial charge is 0.390 e. The van der Waals surface area contributed by atoms with Gasteiger partial charge in [0, 0.05) is 6.61 Å². The van der Waals surface area contributed by atoms with Gasteiger partial charge in [0.05, 0.1) is 23.9 Å². The van der Waals surface area contributed by atoms with E-state index in [1.165, 1.54) is 31.3 Å². The van der Waals surface area contributed by atoms with Crippen molar-refractivity contribution in [1.29, 1.82) is 0 Å². The second-order valence-electron chi connectivity index (χ2n) is 10.8. The zero-order valence-corrected chi connectivity index (χ0v) is 19.4. The summed E-state index contributed by atoms with van der Waals surface area (Å²) in [5, 5.41) is 30.2. The smallest absolute Gasteiger partial charge is 0.0809 e. The minimum absolute atomic E-state index is 0.203. The molecule has 3 fully saturated rings. The third kappa shape index (κ3) is 5.27. The van der Waals surface area contributed by atoms with E-state index in [-0.39, 0.29) is 11.5 Å². The van der Waals surface area contributed by atoms with E-state index in [0.29, 0.717) is 43.3 Å². The van der Waals surface area contributed by atoms with Crippen LogP contribution >= 0.6 is 0 Å². The molecule has 6 atom stereocenters. The molecule has 0 spiro atoms. The highest BCUT2D eigenvalue weighted by Crippen LogP contribution is 2.58. The second-order valence-corrected chi connectivity index (χ2v) is 10.8. The molecular formula is C26H42O4. The molecule has 3 aliphatic carbocycles. The molecule has 0 amide bonds. The zero-order chi connectivity index (χ0) is 22.1. The first-order chi connectivity index (χ1) is 14.0. The average molecular weight is 419 g/mol. The number of allylic oxidation sites excluding steroid dienone is 3. The van der Waals surface area contributed by atoms with Gasteiger partial charge < -0.3 is 20.1 Å². The van der Waals surface area contributed by atoms with Gasteiger partial charge in [0.2, 0.25) is 0 Å². The molecule has 3 saturated carbocycles. The Balaban J connectivity index is 1.67. The van der Waals surface area contributed by atoms with Crippen LogP contribution in [0.4, 0.5) is 0 Å². The highest BCUT2D eigenvalue weighted by Gasteiger charge is 2.51. The number of hydrogen-bond acceptors (Lipinski definition) is 4. The lowest BCUT2D eigenvalue weighted by molar-refractivity contribution is -0.0454. The monoisotopic (exact) mass is 418 g/mol. The number of fused-ring (bicyclic) bond motifs is 1. The molecule has 0 aromatic rings. The number of rotatable bonds is 6. The van der Waals surface area contributed by atoms with Crippen molar-refractivity contribution in [1.82, 2.24) is 0 Å². The number of hydrogen-bond donors (Lipinski definition) is 3. The van der Waals surface area contributed by atoms with Gasteiger partial charge >= 0.3 is 0 Å². The van der Waals surface area contributed by atoms with E-state index in [1.807, 2.05) is 13.8 Å². The topological polar surface area (TPSA) is 69.9 Å². The van der Waals surface area contributed by atoms with Crippen molar-refractivity contribution in [2.75, 3.05) is 6.61 Å². The van der Waals surface area contributed by atoms with Crippen molar-refractivity contribution in [2.24, 2.45) is 17.3 Å². The van der Waals surface area contributed by atoms with Crippen LogP contribution in [0, 0.1) is 17.3 Å². The molecule has 4 heteroatoms. The summed E-state index contributed by atoms with van der Waals surface area (Å²) in [7, 11) is 0. The summed E-state index contributed by atoms with van der Waals surface area (Å²) in [4.78, 5) is 0. The molecule has 4 nitrogen and oxygen atoms in total. The molecule has 0 heterocycles. The van der Waals surface area contributed by atoms with Crippen molar-refractivity contribution in [3.8, 4) is 0 Å². The van der Waals surface area contributed by atoms with Crippen LogP contribution in [0.25, 0.3) is 0 Å². The van der Waals surface area contributed by atoms with Crippen LogP contribution in [0.1, 0.15) is 79.1 Å². The van der Waals surface area contributed by atoms with Gasteiger partial charge in [-0.25, -0.2) is 0 Å². The quantitative estimate of drug-likeness (QED) is 0.547. The molecule has 3 aliphatic rings. The minimum Gasteiger partial charge on any atom is -0.390 e. The maximum absolute atomic E-state index is 10.1. The van der Waals surface area contributed by atoms with E-state index in [2.05, 4.69) is 32.6 Å². The van der Waals surface area contributed by atoms with Gasteiger partial charge in [0.25, 0.3) is 0 Å². The molecule has 3 rings (SSSR count). The van der Waals surface area contributed by atoms with Gasteiger partial charge in [-0.2, -0.15) is 0 Å². The van der Waals surface area contributed by atoms with E-state index < -0.39 is 17.8 Å². The Morgan fingerprint density at radius 3 is 2.50 bits per heavy atom. The van der Waals surface area contributed by atoms with Crippen LogP contribution in [-0.4, -0.2) is 45.8 Å². The normalized spacial score (nSPS) is 37.4. The highest BCUT2D eigenvalue weighted by atomic mass is 16.5. The molecule has 0 aromatic carbocycles. The third-order valence-corrected chi connectivity index (χ3v) is 8.00. The third-order valence-electron chi connectivity index (χ3n) is 8.00. The van der Waals surface area contributed by atoms with E-state index in [9.17, 15) is 15.3 Å². The molecule has 0 bridgehead atoms. The lowest BCUT2D eigenvalue weighted by Crippen LogP contribution is -2.39. The van der Waals surface area contributed by atoms with Crippen molar-refractivity contribution < 1.29 is 20.1 Å². The van der Waals surface area contributed by atoms with Gasteiger partial charge in [-0.3, -0.25) is 0 Å². The maximum atomic E-state index is 10.1. The van der Waals surface area contributed by atoms with Gasteiger partial charge in [0.15, 0.2) is 0 Å². The van der Waals surface area contributed by atoms with Crippen molar-refractivity contribution >= 4 is 0 Å². The van der Waals surface area contributed by atoms with Crippen molar-refractivity contribution in [2.45, 2.75) is 103 Å². The molecular weight excluding hydrogens is 376 g/mol. The first kappa shape index (κ1) is 23.7. The second kappa shape index (κ2) is 9.28. The molecule has 30 heavy (non-hydrogen) atoms. The summed E-state index contributed by atoms with van der Waals surface area (Å²) in [6.45, 7) is 12.7. The van der Waals surface area contributed by atoms with E-state index in [0.717, 1.165) is 12.0 Å². The lowest BCUT2D eigenvalue weighted by atomic mass is 9.62. The fourth-order valence-electron chi connectivity index (χ4n) is 6.09. The van der Waals surface area contributed by atoms with Gasteiger partial charge in [-0.1, -0.05) is 36.8 Å². The lowest BCUT2D eigenvalue weighted by Gasteiger charge is -2.44. The zero-order valence-electron chi connectivity index (χ0n) is 19.4. The number of ether oxygens (including phenoxy) is 1. The van der Waals surface area contributed by atoms with Gasteiger partial charge in [-0.05, 0) is 95.0 Å². The first-order valence-electron chi connectivity index (χ1n) is 11.8. The predicted molar refractivity (Wildman–Crippen MR) is 121 cm³/mol. The van der Waals surface area contributed by atoms with E-state index >= 15 is 0 Å². The highest BCUT2D eigenvalue weighted by molar-refractivity contribution is 5.29. The molecule has 3 N–H and O–H groups in total. The van der Waals surface area contributed by atoms with Crippen molar-refractivity contribution in [3.05, 3.63) is 35.5 Å². The van der Waals surface area contributed by atoms with Crippen LogP contribution in [0.15, 0.2) is 35.5 Å². The summed E-state index contributed by atoms with van der Waals surface area (Å²) < 4.78 is 6.18. The molecule has 0 saturated heterocycles. The summed E-state index contributed by atoms with van der Waals surface area (Å²) >= 11 is 0. The van der Waals surface area contributed by atoms with Crippen LogP contribution in [0.2, 0.25) is 0 Å². The Bertz CT molecular complexity index is 670. The standard InChI is InChI=1S/C26H42O4/c1-17-23(27)15-19(16-24(17)28)8-9-20-7-6-12-26(5)21(10-11-22(20)26)18(2)30-14-13-25(3,4)29/h8-9,18,21-24,27-29H,1,6-7,10-16H2,2-5H3/t18-,21+,22-,23+,24+,26+/m0/s1. The van der Waals surface area contributed by atoms with Gasteiger partial charge in [0.1, 0.15) is 0 Å². The number of aliphatic hydroxyl groups is 3. The van der Waals surface area contributed by atoms with E-state index in [4.69, 9.17) is 4.74 Å². The first-order valence-corrected chi connectivity index (χ1v) is 11.8. The molecule has 0 aromatic heterocycles. The Morgan fingerprint density at radius 1 is 1.20 bits per heavy atom. The summed E-state index contributed by atoms with van der Waals surface area (Å²) in [6.07, 6.45) is 11.2. The van der Waals surface area contributed by atoms with Crippen LogP contribution in [0.5, 0.6) is 0 Å². The van der Waals surface area contributed by atoms with Crippen LogP contribution < -0.4 is 0 Å². The Morgan fingerprint density at radius 2 is 1.87 bits per heavy atom. The van der Waals surface area contributed by atoms with Crippen molar-refractivity contribution in [3.63, 3.8) is 0 Å². The molecule has 0 aliphatic heterocycles. The summed E-state index contributed by atoms with van der Waals surface area (Å²) in [6, 6.07) is 0. The number of aliphatic hydroxyl groups excluding tert-OH is 2. The molecule has 0 unspecified atom stereocenters. The summed E-state index contributed by atoms with van der Waals surface area (Å²) in [5.74, 6) is 1.13. The molecule has 170 valence electrons. The fourth-order valence-corrected chi connectivity index (χ4v) is 6.09. The average Bonchev–Trinajstić information content (AvgIpc) is 3.00. The van der Waals surface area contributed by atoms with Gasteiger partial charge in [-0.15, -0.1) is 0 Å². The fraction of sp³-hybridized carbons (Fsp3) is 0.769. The van der Waals surface area contributed by atoms with Crippen LogP contribution in [0.3, 0.4) is 0 Å². The minimum atomic E-state index is -0.678. The Labute approximate surface area is 182 Å². The summed E-state index contributed by atoms with van der Waals surface area (Å²) in [5.41, 5.74) is 2.76. The predicted octanol–water partition coefficient (Wildman–Crippen LogP) is 4.69. The molecule has 0 radical (unpaired) electrons. The van der Waals surface area contributed by atoms with E-state index in [1.54, 1.807) is 0 Å². The Hall–Kier alpha value is -0.940. The SMILES string of the molecule is C=C1[C@H](O)CC(=CC=C2CCC[C@]3(C)[C@@H]([C@H](C)OCCC(C)(C)O)CC[C@@H]23)C[C@H]1O. The maximum Gasteiger partial charge on any atom is 0.0809 e. The Kier molecular flexibility index (Phi) is 7.33. The van der Waals surface area contributed by atoms with Crippen LogP contribution in [-0.2, 0) is 4.74 Å².